The van der Waals surface area contributed by atoms with Crippen molar-refractivity contribution in [2.24, 2.45) is 0 Å². The Balaban J connectivity index is 1.67. The van der Waals surface area contributed by atoms with Gasteiger partial charge in [-0.1, -0.05) is 35.3 Å². The number of anilines is 1. The Labute approximate surface area is 142 Å². The lowest BCUT2D eigenvalue weighted by molar-refractivity contribution is -0.117. The van der Waals surface area contributed by atoms with Crippen molar-refractivity contribution in [2.45, 2.75) is 18.5 Å². The molecule has 1 fully saturated rings. The van der Waals surface area contributed by atoms with Gasteiger partial charge in [0.1, 0.15) is 11.9 Å². The molecule has 1 aliphatic rings. The molecule has 1 amide bonds. The molecule has 0 aliphatic carbocycles. The summed E-state index contributed by atoms with van der Waals surface area (Å²) < 4.78 is 13.7. The van der Waals surface area contributed by atoms with E-state index in [-0.39, 0.29) is 17.6 Å². The highest BCUT2D eigenvalue weighted by Crippen LogP contribution is 2.26. The second kappa shape index (κ2) is 6.84. The second-order valence-corrected chi connectivity index (χ2v) is 6.17. The van der Waals surface area contributed by atoms with Gasteiger partial charge in [0.05, 0.1) is 5.69 Å². The third kappa shape index (κ3) is 3.82. The molecular formula is C16H14Cl2FN3O. The normalized spacial score (nSPS) is 20.5. The van der Waals surface area contributed by atoms with Crippen LogP contribution in [0, 0.1) is 5.82 Å². The molecule has 2 unspecified atom stereocenters. The minimum absolute atomic E-state index is 0.0475. The molecule has 3 rings (SSSR count). The maximum absolute atomic E-state index is 13.7. The fourth-order valence-corrected chi connectivity index (χ4v) is 2.85. The van der Waals surface area contributed by atoms with E-state index in [1.807, 2.05) is 18.2 Å². The lowest BCUT2D eigenvalue weighted by Crippen LogP contribution is -2.39. The van der Waals surface area contributed by atoms with Gasteiger partial charge in [-0.05, 0) is 42.3 Å². The number of benzene rings is 2. The van der Waals surface area contributed by atoms with Crippen molar-refractivity contribution in [3.63, 3.8) is 0 Å². The molecule has 120 valence electrons. The SMILES string of the molecule is O=C(Nc1cc(Cl)ccc1F)C1CC(c2cccc(Cl)c2)NN1. The van der Waals surface area contributed by atoms with E-state index >= 15 is 0 Å². The average Bonchev–Trinajstić information content (AvgIpc) is 3.01. The molecule has 0 radical (unpaired) electrons. The van der Waals surface area contributed by atoms with E-state index in [9.17, 15) is 9.18 Å². The van der Waals surface area contributed by atoms with Crippen molar-refractivity contribution in [2.75, 3.05) is 5.32 Å². The third-order valence-electron chi connectivity index (χ3n) is 3.66. The second-order valence-electron chi connectivity index (χ2n) is 5.30. The lowest BCUT2D eigenvalue weighted by atomic mass is 10.0. The number of halogens is 3. The van der Waals surface area contributed by atoms with E-state index in [2.05, 4.69) is 16.2 Å². The Morgan fingerprint density at radius 1 is 1.13 bits per heavy atom. The summed E-state index contributed by atoms with van der Waals surface area (Å²) in [5.41, 5.74) is 7.02. The predicted molar refractivity (Wildman–Crippen MR) is 88.9 cm³/mol. The first-order valence-corrected chi connectivity index (χ1v) is 7.81. The van der Waals surface area contributed by atoms with Crippen LogP contribution in [0.25, 0.3) is 0 Å². The van der Waals surface area contributed by atoms with Crippen molar-refractivity contribution >= 4 is 34.8 Å². The van der Waals surface area contributed by atoms with Gasteiger partial charge in [0.2, 0.25) is 5.91 Å². The van der Waals surface area contributed by atoms with E-state index < -0.39 is 11.9 Å². The molecule has 2 atom stereocenters. The molecular weight excluding hydrogens is 340 g/mol. The third-order valence-corrected chi connectivity index (χ3v) is 4.13. The van der Waals surface area contributed by atoms with Gasteiger partial charge in [0.15, 0.2) is 0 Å². The number of hydrogen-bond donors (Lipinski definition) is 3. The molecule has 7 heteroatoms. The zero-order valence-electron chi connectivity index (χ0n) is 11.9. The molecule has 2 aromatic carbocycles. The minimum Gasteiger partial charge on any atom is -0.322 e. The van der Waals surface area contributed by atoms with Crippen molar-refractivity contribution in [1.29, 1.82) is 0 Å². The van der Waals surface area contributed by atoms with Gasteiger partial charge in [0, 0.05) is 16.1 Å². The molecule has 4 nitrogen and oxygen atoms in total. The van der Waals surface area contributed by atoms with Gasteiger partial charge in [-0.25, -0.2) is 15.2 Å². The molecule has 0 aromatic heterocycles. The number of nitrogens with one attached hydrogen (secondary N) is 3. The molecule has 1 saturated heterocycles. The summed E-state index contributed by atoms with van der Waals surface area (Å²) in [6, 6.07) is 10.9. The van der Waals surface area contributed by atoms with Gasteiger partial charge >= 0.3 is 0 Å². The Hall–Kier alpha value is -1.66. The average molecular weight is 354 g/mol. The predicted octanol–water partition coefficient (Wildman–Crippen LogP) is 3.68. The Kier molecular flexibility index (Phi) is 4.82. The summed E-state index contributed by atoms with van der Waals surface area (Å²) in [5, 5.41) is 3.54. The van der Waals surface area contributed by atoms with Crippen LogP contribution in [-0.4, -0.2) is 11.9 Å². The van der Waals surface area contributed by atoms with Crippen molar-refractivity contribution in [1.82, 2.24) is 10.9 Å². The summed E-state index contributed by atoms with van der Waals surface area (Å²) in [4.78, 5) is 12.3. The smallest absolute Gasteiger partial charge is 0.243 e. The van der Waals surface area contributed by atoms with E-state index in [0.29, 0.717) is 16.5 Å². The molecule has 0 spiro atoms. The highest BCUT2D eigenvalue weighted by atomic mass is 35.5. The molecule has 3 N–H and O–H groups in total. The van der Waals surface area contributed by atoms with Crippen LogP contribution in [0.1, 0.15) is 18.0 Å². The van der Waals surface area contributed by atoms with Gasteiger partial charge in [-0.3, -0.25) is 4.79 Å². The fourth-order valence-electron chi connectivity index (χ4n) is 2.48. The molecule has 23 heavy (non-hydrogen) atoms. The monoisotopic (exact) mass is 353 g/mol. The topological polar surface area (TPSA) is 53.2 Å². The number of rotatable bonds is 3. The maximum Gasteiger partial charge on any atom is 0.243 e. The lowest BCUT2D eigenvalue weighted by Gasteiger charge is -2.11. The Morgan fingerprint density at radius 3 is 2.70 bits per heavy atom. The molecule has 1 aliphatic heterocycles. The van der Waals surface area contributed by atoms with E-state index in [0.717, 1.165) is 5.56 Å². The highest BCUT2D eigenvalue weighted by molar-refractivity contribution is 6.31. The summed E-state index contributed by atoms with van der Waals surface area (Å²) in [7, 11) is 0. The van der Waals surface area contributed by atoms with Crippen molar-refractivity contribution in [3.8, 4) is 0 Å². The standard InChI is InChI=1S/C16H14Cl2FN3O/c17-10-3-1-2-9(6-10)13-8-15(22-21-13)16(23)20-14-7-11(18)4-5-12(14)19/h1-7,13,15,21-22H,8H2,(H,20,23). The van der Waals surface area contributed by atoms with Gasteiger partial charge < -0.3 is 5.32 Å². The van der Waals surface area contributed by atoms with E-state index in [4.69, 9.17) is 23.2 Å². The van der Waals surface area contributed by atoms with Gasteiger partial charge in [0.25, 0.3) is 0 Å². The number of carbonyl (C=O) groups is 1. The van der Waals surface area contributed by atoms with E-state index in [1.165, 1.54) is 18.2 Å². The van der Waals surface area contributed by atoms with Crippen LogP contribution in [0.15, 0.2) is 42.5 Å². The van der Waals surface area contributed by atoms with Gasteiger partial charge in [-0.15, -0.1) is 0 Å². The zero-order chi connectivity index (χ0) is 16.4. The Bertz CT molecular complexity index is 741. The van der Waals surface area contributed by atoms with E-state index in [1.54, 1.807) is 6.07 Å². The number of carbonyl (C=O) groups excluding carboxylic acids is 1. The fraction of sp³-hybridized carbons (Fsp3) is 0.188. The number of amides is 1. The van der Waals surface area contributed by atoms with Crippen molar-refractivity contribution in [3.05, 3.63) is 63.9 Å². The molecule has 0 bridgehead atoms. The first-order valence-electron chi connectivity index (χ1n) is 7.05. The summed E-state index contributed by atoms with van der Waals surface area (Å²) in [5.74, 6) is -0.858. The van der Waals surface area contributed by atoms with Crippen molar-refractivity contribution < 1.29 is 9.18 Å². The number of hydrogen-bond acceptors (Lipinski definition) is 3. The molecule has 2 aromatic rings. The maximum atomic E-state index is 13.7. The zero-order valence-corrected chi connectivity index (χ0v) is 13.5. The summed E-state index contributed by atoms with van der Waals surface area (Å²) in [6.45, 7) is 0. The highest BCUT2D eigenvalue weighted by Gasteiger charge is 2.30. The largest absolute Gasteiger partial charge is 0.322 e. The van der Waals surface area contributed by atoms with Crippen LogP contribution in [0.3, 0.4) is 0 Å². The van der Waals surface area contributed by atoms with Gasteiger partial charge in [-0.2, -0.15) is 0 Å². The first-order chi connectivity index (χ1) is 11.0. The molecule has 0 saturated carbocycles. The summed E-state index contributed by atoms with van der Waals surface area (Å²) >= 11 is 11.8. The van der Waals surface area contributed by atoms with Crippen LogP contribution in [0.2, 0.25) is 10.0 Å². The quantitative estimate of drug-likeness (QED) is 0.788. The molecule has 1 heterocycles. The van der Waals surface area contributed by atoms with Crippen LogP contribution in [0.4, 0.5) is 10.1 Å². The first kappa shape index (κ1) is 16.2. The Morgan fingerprint density at radius 2 is 1.91 bits per heavy atom. The minimum atomic E-state index is -0.528. The number of hydrazine groups is 1. The van der Waals surface area contributed by atoms with Crippen LogP contribution in [-0.2, 0) is 4.79 Å². The van der Waals surface area contributed by atoms with Crippen LogP contribution in [0.5, 0.6) is 0 Å². The van der Waals surface area contributed by atoms with Crippen LogP contribution >= 0.6 is 23.2 Å². The summed E-state index contributed by atoms with van der Waals surface area (Å²) in [6.07, 6.45) is 0.522. The van der Waals surface area contributed by atoms with Crippen LogP contribution < -0.4 is 16.2 Å².